The van der Waals surface area contributed by atoms with Gasteiger partial charge in [-0.3, -0.25) is 4.79 Å². The molecule has 0 bridgehead atoms. The fraction of sp³-hybridized carbons (Fsp3) is 0.250. The molecule has 1 N–H and O–H groups in total. The third kappa shape index (κ3) is 3.24. The average molecular weight is 371 g/mol. The monoisotopic (exact) mass is 371 g/mol. The Morgan fingerprint density at radius 2 is 1.77 bits per heavy atom. The van der Waals surface area contributed by atoms with Crippen molar-refractivity contribution in [2.45, 2.75) is 31.7 Å². The number of rotatable bonds is 5. The first-order valence-electron chi connectivity index (χ1n) is 8.46. The van der Waals surface area contributed by atoms with Gasteiger partial charge in [-0.1, -0.05) is 37.3 Å². The highest BCUT2D eigenvalue weighted by Gasteiger charge is 2.23. The first kappa shape index (κ1) is 18.2. The summed E-state index contributed by atoms with van der Waals surface area (Å²) in [6.45, 7) is 5.32. The standard InChI is InChI=1S/C20H21NO4S/c1-4-26(23,24)18-12-8-6-10-16(18)20(22)21-14(3)19-13(2)15-9-5-7-11-17(15)25-19/h5-12,14H,4H2,1-3H3,(H,21,22)/t14-/m0/s1. The highest BCUT2D eigenvalue weighted by Crippen LogP contribution is 2.29. The zero-order chi connectivity index (χ0) is 18.9. The van der Waals surface area contributed by atoms with Crippen LogP contribution in [0.25, 0.3) is 11.0 Å². The summed E-state index contributed by atoms with van der Waals surface area (Å²) in [4.78, 5) is 12.8. The summed E-state index contributed by atoms with van der Waals surface area (Å²) in [6, 6.07) is 13.5. The third-order valence-corrected chi connectivity index (χ3v) is 6.25. The predicted molar refractivity (Wildman–Crippen MR) is 101 cm³/mol. The number of furan rings is 1. The van der Waals surface area contributed by atoms with E-state index in [4.69, 9.17) is 4.42 Å². The van der Waals surface area contributed by atoms with Crippen molar-refractivity contribution in [1.82, 2.24) is 5.32 Å². The topological polar surface area (TPSA) is 76.4 Å². The molecule has 1 atom stereocenters. The lowest BCUT2D eigenvalue weighted by molar-refractivity contribution is 0.0932. The quantitative estimate of drug-likeness (QED) is 0.735. The molecule has 5 nitrogen and oxygen atoms in total. The van der Waals surface area contributed by atoms with Crippen molar-refractivity contribution >= 4 is 26.7 Å². The number of carbonyl (C=O) groups is 1. The zero-order valence-electron chi connectivity index (χ0n) is 14.9. The predicted octanol–water partition coefficient (Wildman–Crippen LogP) is 4.03. The Hall–Kier alpha value is -2.60. The number of amides is 1. The van der Waals surface area contributed by atoms with Crippen molar-refractivity contribution in [1.29, 1.82) is 0 Å². The molecule has 1 heterocycles. The zero-order valence-corrected chi connectivity index (χ0v) is 15.8. The van der Waals surface area contributed by atoms with E-state index in [0.29, 0.717) is 5.76 Å². The van der Waals surface area contributed by atoms with E-state index >= 15 is 0 Å². The Bertz CT molecular complexity index is 1070. The molecule has 6 heteroatoms. The minimum absolute atomic E-state index is 0.0496. The van der Waals surface area contributed by atoms with E-state index in [9.17, 15) is 13.2 Å². The third-order valence-electron chi connectivity index (χ3n) is 4.47. The lowest BCUT2D eigenvalue weighted by Gasteiger charge is -2.14. The molecule has 0 radical (unpaired) electrons. The van der Waals surface area contributed by atoms with Crippen LogP contribution in [0.1, 0.15) is 41.6 Å². The molecule has 3 rings (SSSR count). The summed E-state index contributed by atoms with van der Waals surface area (Å²) in [5, 5.41) is 3.85. The number of para-hydroxylation sites is 1. The number of hydrogen-bond donors (Lipinski definition) is 1. The Morgan fingerprint density at radius 1 is 1.12 bits per heavy atom. The molecule has 1 aromatic heterocycles. The van der Waals surface area contributed by atoms with Gasteiger partial charge in [-0.25, -0.2) is 8.42 Å². The second kappa shape index (κ2) is 6.96. The summed E-state index contributed by atoms with van der Waals surface area (Å²) < 4.78 is 30.4. The fourth-order valence-electron chi connectivity index (χ4n) is 3.03. The second-order valence-corrected chi connectivity index (χ2v) is 8.43. The Kier molecular flexibility index (Phi) is 4.87. The lowest BCUT2D eigenvalue weighted by Crippen LogP contribution is -2.28. The molecule has 0 saturated carbocycles. The van der Waals surface area contributed by atoms with Gasteiger partial charge in [0.05, 0.1) is 22.3 Å². The van der Waals surface area contributed by atoms with E-state index in [2.05, 4.69) is 5.32 Å². The largest absolute Gasteiger partial charge is 0.459 e. The van der Waals surface area contributed by atoms with Gasteiger partial charge in [0.25, 0.3) is 5.91 Å². The molecule has 0 aliphatic rings. The van der Waals surface area contributed by atoms with Crippen LogP contribution in [0.2, 0.25) is 0 Å². The van der Waals surface area contributed by atoms with Gasteiger partial charge in [0.2, 0.25) is 0 Å². The van der Waals surface area contributed by atoms with Gasteiger partial charge in [0.15, 0.2) is 9.84 Å². The highest BCUT2D eigenvalue weighted by molar-refractivity contribution is 7.91. The maximum Gasteiger partial charge on any atom is 0.253 e. The van der Waals surface area contributed by atoms with Crippen LogP contribution in [0.3, 0.4) is 0 Å². The molecule has 136 valence electrons. The van der Waals surface area contributed by atoms with E-state index in [0.717, 1.165) is 16.5 Å². The number of benzene rings is 2. The van der Waals surface area contributed by atoms with E-state index in [1.807, 2.05) is 38.1 Å². The molecule has 0 aliphatic carbocycles. The Labute approximate surface area is 152 Å². The molecular formula is C20H21NO4S. The normalized spacial score (nSPS) is 12.9. The van der Waals surface area contributed by atoms with Gasteiger partial charge < -0.3 is 9.73 Å². The Balaban J connectivity index is 1.92. The molecule has 0 spiro atoms. The van der Waals surface area contributed by atoms with Crippen molar-refractivity contribution in [2.75, 3.05) is 5.75 Å². The summed E-state index contributed by atoms with van der Waals surface area (Å²) >= 11 is 0. The van der Waals surface area contributed by atoms with Crippen LogP contribution in [-0.4, -0.2) is 20.1 Å². The summed E-state index contributed by atoms with van der Waals surface area (Å²) in [7, 11) is -3.49. The summed E-state index contributed by atoms with van der Waals surface area (Å²) in [5.74, 6) is 0.163. The highest BCUT2D eigenvalue weighted by atomic mass is 32.2. The molecule has 0 fully saturated rings. The first-order valence-corrected chi connectivity index (χ1v) is 10.1. The van der Waals surface area contributed by atoms with Gasteiger partial charge in [-0.2, -0.15) is 0 Å². The van der Waals surface area contributed by atoms with Crippen molar-refractivity contribution in [3.05, 3.63) is 65.4 Å². The van der Waals surface area contributed by atoms with Crippen molar-refractivity contribution in [2.24, 2.45) is 0 Å². The van der Waals surface area contributed by atoms with Gasteiger partial charge in [-0.15, -0.1) is 0 Å². The summed E-state index contributed by atoms with van der Waals surface area (Å²) in [6.07, 6.45) is 0. The van der Waals surface area contributed by atoms with E-state index in [1.165, 1.54) is 12.1 Å². The maximum absolute atomic E-state index is 12.7. The Morgan fingerprint density at radius 3 is 2.46 bits per heavy atom. The van der Waals surface area contributed by atoms with Crippen LogP contribution < -0.4 is 5.32 Å². The van der Waals surface area contributed by atoms with E-state index < -0.39 is 21.8 Å². The molecule has 3 aromatic rings. The van der Waals surface area contributed by atoms with E-state index in [-0.39, 0.29) is 16.2 Å². The van der Waals surface area contributed by atoms with Crippen LogP contribution in [0.4, 0.5) is 0 Å². The smallest absolute Gasteiger partial charge is 0.253 e. The molecule has 0 aliphatic heterocycles. The number of hydrogen-bond acceptors (Lipinski definition) is 4. The average Bonchev–Trinajstić information content (AvgIpc) is 2.99. The van der Waals surface area contributed by atoms with Crippen molar-refractivity contribution in [3.63, 3.8) is 0 Å². The molecule has 2 aromatic carbocycles. The minimum Gasteiger partial charge on any atom is -0.459 e. The number of aryl methyl sites for hydroxylation is 1. The van der Waals surface area contributed by atoms with Crippen LogP contribution >= 0.6 is 0 Å². The molecule has 1 amide bonds. The second-order valence-electron chi connectivity index (χ2n) is 6.18. The summed E-state index contributed by atoms with van der Waals surface area (Å²) in [5.41, 5.74) is 1.87. The van der Waals surface area contributed by atoms with Crippen LogP contribution in [-0.2, 0) is 9.84 Å². The first-order chi connectivity index (χ1) is 12.3. The maximum atomic E-state index is 12.7. The number of fused-ring (bicyclic) bond motifs is 1. The number of carbonyl (C=O) groups excluding carboxylic acids is 1. The molecule has 0 saturated heterocycles. The lowest BCUT2D eigenvalue weighted by atomic mass is 10.1. The molecule has 0 unspecified atom stereocenters. The SMILES string of the molecule is CCS(=O)(=O)c1ccccc1C(=O)N[C@@H](C)c1oc2ccccc2c1C. The van der Waals surface area contributed by atoms with Crippen LogP contribution in [0.15, 0.2) is 57.8 Å². The number of nitrogens with one attached hydrogen (secondary N) is 1. The molecular weight excluding hydrogens is 350 g/mol. The minimum atomic E-state index is -3.49. The van der Waals surface area contributed by atoms with E-state index in [1.54, 1.807) is 19.1 Å². The van der Waals surface area contributed by atoms with Gasteiger partial charge in [0.1, 0.15) is 11.3 Å². The van der Waals surface area contributed by atoms with Crippen LogP contribution in [0, 0.1) is 6.92 Å². The fourth-order valence-corrected chi connectivity index (χ4v) is 4.12. The number of sulfone groups is 1. The van der Waals surface area contributed by atoms with Gasteiger partial charge in [0, 0.05) is 10.9 Å². The molecule has 26 heavy (non-hydrogen) atoms. The van der Waals surface area contributed by atoms with Gasteiger partial charge in [-0.05, 0) is 32.0 Å². The van der Waals surface area contributed by atoms with Crippen LogP contribution in [0.5, 0.6) is 0 Å². The van der Waals surface area contributed by atoms with Crippen molar-refractivity contribution in [3.8, 4) is 0 Å². The van der Waals surface area contributed by atoms with Crippen molar-refractivity contribution < 1.29 is 17.6 Å². The van der Waals surface area contributed by atoms with Gasteiger partial charge >= 0.3 is 0 Å².